The van der Waals surface area contributed by atoms with Gasteiger partial charge in [-0.1, -0.05) is 18.2 Å². The number of benzene rings is 2. The molecule has 0 bridgehead atoms. The summed E-state index contributed by atoms with van der Waals surface area (Å²) in [5.41, 5.74) is 3.79. The van der Waals surface area contributed by atoms with Crippen molar-refractivity contribution in [2.75, 3.05) is 38.8 Å². The van der Waals surface area contributed by atoms with Gasteiger partial charge < -0.3 is 24.7 Å². The number of anilines is 1. The number of carbonyl (C=O) groups is 1. The molecule has 1 fully saturated rings. The highest BCUT2D eigenvalue weighted by atomic mass is 16.5. The second kappa shape index (κ2) is 10.1. The Bertz CT molecular complexity index is 1220. The molecule has 0 unspecified atom stereocenters. The molecule has 4 rings (SSSR count). The van der Waals surface area contributed by atoms with Crippen LogP contribution in [-0.4, -0.2) is 44.7 Å². The van der Waals surface area contributed by atoms with Crippen molar-refractivity contribution < 1.29 is 14.3 Å². The van der Waals surface area contributed by atoms with E-state index in [0.717, 1.165) is 48.1 Å². The summed E-state index contributed by atoms with van der Waals surface area (Å²) in [6, 6.07) is 13.8. The molecule has 3 aromatic rings. The molecule has 2 aromatic carbocycles. The average molecular weight is 445 g/mol. The Morgan fingerprint density at radius 2 is 1.94 bits per heavy atom. The van der Waals surface area contributed by atoms with E-state index in [-0.39, 0.29) is 5.57 Å². The maximum absolute atomic E-state index is 12.7. The third-order valence-electron chi connectivity index (χ3n) is 6.00. The van der Waals surface area contributed by atoms with Gasteiger partial charge in [-0.3, -0.25) is 4.79 Å². The van der Waals surface area contributed by atoms with Crippen molar-refractivity contribution in [1.82, 2.24) is 10.3 Å². The fourth-order valence-corrected chi connectivity index (χ4v) is 4.27. The summed E-state index contributed by atoms with van der Waals surface area (Å²) < 4.78 is 11.2. The normalized spacial score (nSPS) is 13.7. The Kier molecular flexibility index (Phi) is 6.84. The van der Waals surface area contributed by atoms with E-state index in [0.29, 0.717) is 30.0 Å². The number of nitrogens with one attached hydrogen (secondary N) is 2. The molecule has 7 nitrogen and oxygen atoms in total. The molecule has 2 heterocycles. The fraction of sp³-hybridized carbons (Fsp3) is 0.308. The predicted octanol–water partition coefficient (Wildman–Crippen LogP) is 4.05. The van der Waals surface area contributed by atoms with Gasteiger partial charge in [0.1, 0.15) is 23.1 Å². The van der Waals surface area contributed by atoms with E-state index in [1.54, 1.807) is 20.3 Å². The van der Waals surface area contributed by atoms with E-state index >= 15 is 0 Å². The van der Waals surface area contributed by atoms with Gasteiger partial charge in [0.05, 0.1) is 19.9 Å². The number of hydrogen-bond donors (Lipinski definition) is 2. The number of rotatable bonds is 8. The second-order valence-electron chi connectivity index (χ2n) is 8.00. The van der Waals surface area contributed by atoms with Gasteiger partial charge in [0.2, 0.25) is 0 Å². The van der Waals surface area contributed by atoms with Gasteiger partial charge in [0.25, 0.3) is 5.91 Å². The number of aromatic nitrogens is 1. The lowest BCUT2D eigenvalue weighted by atomic mass is 10.1. The predicted molar refractivity (Wildman–Crippen MR) is 130 cm³/mol. The minimum atomic E-state index is -0.415. The van der Waals surface area contributed by atoms with Crippen LogP contribution in [0, 0.1) is 11.3 Å². The Labute approximate surface area is 193 Å². The monoisotopic (exact) mass is 444 g/mol. The number of aromatic amines is 1. The van der Waals surface area contributed by atoms with Gasteiger partial charge in [-0.2, -0.15) is 5.26 Å². The highest BCUT2D eigenvalue weighted by Gasteiger charge is 2.20. The average Bonchev–Trinajstić information content (AvgIpc) is 3.52. The molecule has 0 aliphatic carbocycles. The smallest absolute Gasteiger partial charge is 0.261 e. The van der Waals surface area contributed by atoms with Crippen LogP contribution in [0.2, 0.25) is 0 Å². The van der Waals surface area contributed by atoms with E-state index in [1.807, 2.05) is 42.6 Å². The van der Waals surface area contributed by atoms with Crippen molar-refractivity contribution in [3.05, 3.63) is 59.3 Å². The van der Waals surface area contributed by atoms with Crippen molar-refractivity contribution in [2.24, 2.45) is 0 Å². The van der Waals surface area contributed by atoms with Crippen molar-refractivity contribution in [2.45, 2.75) is 19.3 Å². The lowest BCUT2D eigenvalue weighted by molar-refractivity contribution is -0.117. The summed E-state index contributed by atoms with van der Waals surface area (Å²) in [6.45, 7) is 2.36. The van der Waals surface area contributed by atoms with Crippen molar-refractivity contribution >= 4 is 28.6 Å². The van der Waals surface area contributed by atoms with Gasteiger partial charge in [0.15, 0.2) is 0 Å². The molecule has 1 aromatic heterocycles. The number of amides is 1. The van der Waals surface area contributed by atoms with Gasteiger partial charge >= 0.3 is 0 Å². The van der Waals surface area contributed by atoms with Crippen LogP contribution < -0.4 is 19.7 Å². The Hall–Kier alpha value is -3.92. The molecule has 1 saturated heterocycles. The molecular formula is C26H28N4O3. The van der Waals surface area contributed by atoms with Crippen LogP contribution in [0.4, 0.5) is 5.69 Å². The highest BCUT2D eigenvalue weighted by molar-refractivity contribution is 6.02. The van der Waals surface area contributed by atoms with Crippen molar-refractivity contribution in [1.29, 1.82) is 5.26 Å². The highest BCUT2D eigenvalue weighted by Crippen LogP contribution is 2.38. The van der Waals surface area contributed by atoms with Gasteiger partial charge in [0, 0.05) is 48.4 Å². The minimum Gasteiger partial charge on any atom is -0.496 e. The SMILES string of the molecule is COc1cc(N2CCCC2)c(OC)cc1C=C(C#N)C(=O)NCCc1c[nH]c2ccccc12. The number of nitriles is 1. The lowest BCUT2D eigenvalue weighted by Crippen LogP contribution is -2.26. The van der Waals surface area contributed by atoms with Crippen LogP contribution in [-0.2, 0) is 11.2 Å². The molecule has 33 heavy (non-hydrogen) atoms. The third-order valence-corrected chi connectivity index (χ3v) is 6.00. The number of nitrogens with zero attached hydrogens (tertiary/aromatic N) is 2. The summed E-state index contributed by atoms with van der Waals surface area (Å²) in [6.07, 6.45) is 6.46. The molecule has 2 N–H and O–H groups in total. The summed E-state index contributed by atoms with van der Waals surface area (Å²) in [5, 5.41) is 13.6. The van der Waals surface area contributed by atoms with Gasteiger partial charge in [-0.15, -0.1) is 0 Å². The second-order valence-corrected chi connectivity index (χ2v) is 8.00. The molecule has 1 amide bonds. The molecule has 0 saturated carbocycles. The van der Waals surface area contributed by atoms with E-state index in [9.17, 15) is 10.1 Å². The molecular weight excluding hydrogens is 416 g/mol. The first-order chi connectivity index (χ1) is 16.1. The van der Waals surface area contributed by atoms with Crippen molar-refractivity contribution in [3.8, 4) is 17.6 Å². The summed E-state index contributed by atoms with van der Waals surface area (Å²) in [4.78, 5) is 18.2. The molecule has 0 radical (unpaired) electrons. The standard InChI is InChI=1S/C26H28N4O3/c1-32-24-15-23(30-11-5-6-12-30)25(33-2)14-19(24)13-20(16-27)26(31)28-10-9-18-17-29-22-8-4-3-7-21(18)22/h3-4,7-8,13-15,17,29H,5-6,9-12H2,1-2H3,(H,28,31). The number of fused-ring (bicyclic) bond motifs is 1. The van der Waals surface area contributed by atoms with Gasteiger partial charge in [-0.25, -0.2) is 0 Å². The fourth-order valence-electron chi connectivity index (χ4n) is 4.27. The Morgan fingerprint density at radius 3 is 2.67 bits per heavy atom. The van der Waals surface area contributed by atoms with Crippen molar-refractivity contribution in [3.63, 3.8) is 0 Å². The zero-order valence-electron chi connectivity index (χ0n) is 19.0. The molecule has 1 aliphatic heterocycles. The van der Waals surface area contributed by atoms with Crippen LogP contribution in [0.3, 0.4) is 0 Å². The number of hydrogen-bond acceptors (Lipinski definition) is 5. The molecule has 0 spiro atoms. The first-order valence-corrected chi connectivity index (χ1v) is 11.1. The Balaban J connectivity index is 1.50. The first kappa shape index (κ1) is 22.3. The van der Waals surface area contributed by atoms with E-state index < -0.39 is 5.91 Å². The van der Waals surface area contributed by atoms with E-state index in [4.69, 9.17) is 9.47 Å². The molecule has 0 atom stereocenters. The first-order valence-electron chi connectivity index (χ1n) is 11.1. The minimum absolute atomic E-state index is 0.0169. The zero-order valence-corrected chi connectivity index (χ0v) is 19.0. The summed E-state index contributed by atoms with van der Waals surface area (Å²) >= 11 is 0. The largest absolute Gasteiger partial charge is 0.496 e. The number of para-hydroxylation sites is 1. The van der Waals surface area contributed by atoms with Crippen LogP contribution in [0.5, 0.6) is 11.5 Å². The number of methoxy groups -OCH3 is 2. The summed E-state index contributed by atoms with van der Waals surface area (Å²) in [5.74, 6) is 0.875. The summed E-state index contributed by atoms with van der Waals surface area (Å²) in [7, 11) is 3.21. The van der Waals surface area contributed by atoms with E-state index in [2.05, 4.69) is 21.3 Å². The lowest BCUT2D eigenvalue weighted by Gasteiger charge is -2.22. The zero-order chi connectivity index (χ0) is 23.2. The molecule has 170 valence electrons. The number of H-pyrrole nitrogens is 1. The maximum atomic E-state index is 12.7. The molecule has 1 aliphatic rings. The van der Waals surface area contributed by atoms with E-state index in [1.165, 1.54) is 0 Å². The van der Waals surface area contributed by atoms with Crippen LogP contribution in [0.1, 0.15) is 24.0 Å². The Morgan fingerprint density at radius 1 is 1.18 bits per heavy atom. The quantitative estimate of drug-likeness (QED) is 0.404. The number of ether oxygens (including phenoxy) is 2. The molecule has 7 heteroatoms. The maximum Gasteiger partial charge on any atom is 0.261 e. The number of carbonyl (C=O) groups excluding carboxylic acids is 1. The van der Waals surface area contributed by atoms with Crippen LogP contribution in [0.25, 0.3) is 17.0 Å². The topological polar surface area (TPSA) is 90.4 Å². The van der Waals surface area contributed by atoms with Gasteiger partial charge in [-0.05, 0) is 43.0 Å². The van der Waals surface area contributed by atoms with Crippen LogP contribution >= 0.6 is 0 Å². The third kappa shape index (κ3) is 4.80. The van der Waals surface area contributed by atoms with Crippen LogP contribution in [0.15, 0.2) is 48.2 Å².